The standard InChI is InChI=1S/C27H45N5O3/c1-18(2)35-25-23(17-30-32(25)13-10-27(4,5)26(34)29-12-11-28-6)24(33)31-19(3)22-15-20-8-7-9-21(14-20)16-22/h10,13,17-22,28H,7-9,11-12,14-16H2,1-6H3,(H,29,34)(H,31,33)/b13-10+. The zero-order chi connectivity index (χ0) is 25.6. The highest BCUT2D eigenvalue weighted by Crippen LogP contribution is 2.43. The molecule has 0 radical (unpaired) electrons. The van der Waals surface area contributed by atoms with E-state index in [9.17, 15) is 9.59 Å². The van der Waals surface area contributed by atoms with E-state index in [4.69, 9.17) is 4.74 Å². The monoisotopic (exact) mass is 487 g/mol. The Morgan fingerprint density at radius 1 is 1.17 bits per heavy atom. The van der Waals surface area contributed by atoms with E-state index in [0.717, 1.165) is 11.8 Å². The molecule has 0 saturated heterocycles. The molecule has 3 atom stereocenters. The fraction of sp³-hybridized carbons (Fsp3) is 0.741. The lowest BCUT2D eigenvalue weighted by Crippen LogP contribution is -2.42. The number of rotatable bonds is 11. The number of carbonyl (C=O) groups is 2. The summed E-state index contributed by atoms with van der Waals surface area (Å²) in [7, 11) is 1.85. The molecular weight excluding hydrogens is 442 g/mol. The van der Waals surface area contributed by atoms with E-state index < -0.39 is 5.41 Å². The molecule has 8 nitrogen and oxygen atoms in total. The number of ether oxygens (including phenoxy) is 1. The van der Waals surface area contributed by atoms with E-state index >= 15 is 0 Å². The first-order chi connectivity index (χ1) is 16.6. The molecule has 1 aromatic heterocycles. The van der Waals surface area contributed by atoms with Gasteiger partial charge in [-0.05, 0) is 78.7 Å². The Labute approximate surface area is 210 Å². The molecule has 0 aromatic carbocycles. The molecule has 0 spiro atoms. The zero-order valence-corrected chi connectivity index (χ0v) is 22.4. The van der Waals surface area contributed by atoms with Crippen LogP contribution in [0.5, 0.6) is 5.88 Å². The topological polar surface area (TPSA) is 97.3 Å². The van der Waals surface area contributed by atoms with Crippen LogP contribution in [0.1, 0.15) is 83.5 Å². The van der Waals surface area contributed by atoms with Gasteiger partial charge < -0.3 is 20.7 Å². The van der Waals surface area contributed by atoms with Crippen molar-refractivity contribution in [1.29, 1.82) is 0 Å². The summed E-state index contributed by atoms with van der Waals surface area (Å²) < 4.78 is 7.56. The fourth-order valence-electron chi connectivity index (χ4n) is 5.41. The second-order valence-electron chi connectivity index (χ2n) is 11.3. The van der Waals surface area contributed by atoms with Gasteiger partial charge in [0.25, 0.3) is 5.91 Å². The SMILES string of the molecule is CNCCNC(=O)C(C)(C)/C=C/n1ncc(C(=O)NC(C)C2CC3CCCC(C3)C2)c1OC(C)C. The Hall–Kier alpha value is -2.35. The first kappa shape index (κ1) is 27.2. The number of amides is 2. The summed E-state index contributed by atoms with van der Waals surface area (Å²) in [5.41, 5.74) is -0.326. The van der Waals surface area contributed by atoms with Crippen molar-refractivity contribution in [1.82, 2.24) is 25.7 Å². The number of nitrogens with zero attached hydrogens (tertiary/aromatic N) is 2. The minimum absolute atomic E-state index is 0.0773. The van der Waals surface area contributed by atoms with Crippen LogP contribution in [-0.4, -0.2) is 53.9 Å². The summed E-state index contributed by atoms with van der Waals surface area (Å²) in [6, 6.07) is 0.108. The van der Waals surface area contributed by atoms with Crippen LogP contribution >= 0.6 is 0 Å². The molecular formula is C27H45N5O3. The molecule has 0 aliphatic heterocycles. The number of fused-ring (bicyclic) bond motifs is 2. The number of hydrogen-bond donors (Lipinski definition) is 3. The fourth-order valence-corrected chi connectivity index (χ4v) is 5.41. The van der Waals surface area contributed by atoms with Crippen LogP contribution in [0.3, 0.4) is 0 Å². The molecule has 8 heteroatoms. The molecule has 3 N–H and O–H groups in total. The second-order valence-corrected chi connectivity index (χ2v) is 11.3. The first-order valence-corrected chi connectivity index (χ1v) is 13.3. The molecule has 1 heterocycles. The smallest absolute Gasteiger partial charge is 0.258 e. The highest BCUT2D eigenvalue weighted by Gasteiger charge is 2.35. The predicted molar refractivity (Wildman–Crippen MR) is 139 cm³/mol. The number of hydrogen-bond acceptors (Lipinski definition) is 5. The van der Waals surface area contributed by atoms with E-state index in [1.165, 1.54) is 38.5 Å². The van der Waals surface area contributed by atoms with Crippen LogP contribution in [0.2, 0.25) is 0 Å². The van der Waals surface area contributed by atoms with Gasteiger partial charge in [0, 0.05) is 25.3 Å². The van der Waals surface area contributed by atoms with Gasteiger partial charge in [0.2, 0.25) is 11.8 Å². The normalized spacial score (nSPS) is 23.3. The van der Waals surface area contributed by atoms with Crippen LogP contribution < -0.4 is 20.7 Å². The summed E-state index contributed by atoms with van der Waals surface area (Å²) in [5.74, 6) is 2.32. The lowest BCUT2D eigenvalue weighted by Gasteiger charge is -2.41. The zero-order valence-electron chi connectivity index (χ0n) is 22.4. The maximum absolute atomic E-state index is 13.3. The highest BCUT2D eigenvalue weighted by molar-refractivity contribution is 5.96. The largest absolute Gasteiger partial charge is 0.474 e. The molecule has 2 fully saturated rings. The lowest BCUT2D eigenvalue weighted by atomic mass is 9.66. The van der Waals surface area contributed by atoms with Crippen molar-refractivity contribution in [2.45, 2.75) is 85.3 Å². The molecule has 2 amide bonds. The molecule has 196 valence electrons. The molecule has 2 aliphatic carbocycles. The third-order valence-corrected chi connectivity index (χ3v) is 7.45. The molecule has 35 heavy (non-hydrogen) atoms. The number of likely N-dealkylation sites (N-methyl/N-ethyl adjacent to an activating group) is 1. The van der Waals surface area contributed by atoms with Gasteiger partial charge in [-0.3, -0.25) is 9.59 Å². The summed E-state index contributed by atoms with van der Waals surface area (Å²) in [4.78, 5) is 25.8. The van der Waals surface area contributed by atoms with Crippen LogP contribution in [0, 0.1) is 23.2 Å². The van der Waals surface area contributed by atoms with Gasteiger partial charge in [-0.15, -0.1) is 0 Å². The Balaban J connectivity index is 1.70. The average Bonchev–Trinajstić information content (AvgIpc) is 3.19. The summed E-state index contributed by atoms with van der Waals surface area (Å²) >= 11 is 0. The summed E-state index contributed by atoms with van der Waals surface area (Å²) in [5, 5.41) is 13.6. The maximum Gasteiger partial charge on any atom is 0.258 e. The Morgan fingerprint density at radius 2 is 1.86 bits per heavy atom. The minimum Gasteiger partial charge on any atom is -0.474 e. The van der Waals surface area contributed by atoms with Crippen molar-refractivity contribution in [3.63, 3.8) is 0 Å². The van der Waals surface area contributed by atoms with E-state index in [0.29, 0.717) is 30.5 Å². The van der Waals surface area contributed by atoms with Crippen LogP contribution in [0.25, 0.3) is 6.20 Å². The average molecular weight is 488 g/mol. The van der Waals surface area contributed by atoms with Crippen molar-refractivity contribution >= 4 is 18.0 Å². The van der Waals surface area contributed by atoms with Gasteiger partial charge in [0.1, 0.15) is 5.56 Å². The highest BCUT2D eigenvalue weighted by atomic mass is 16.5. The number of nitrogens with one attached hydrogen (secondary N) is 3. The van der Waals surface area contributed by atoms with Gasteiger partial charge in [-0.2, -0.15) is 5.10 Å². The van der Waals surface area contributed by atoms with Gasteiger partial charge in [0.05, 0.1) is 17.7 Å². The van der Waals surface area contributed by atoms with Crippen LogP contribution in [-0.2, 0) is 4.79 Å². The minimum atomic E-state index is -0.745. The molecule has 2 saturated carbocycles. The Bertz CT molecular complexity index is 879. The third-order valence-electron chi connectivity index (χ3n) is 7.45. The van der Waals surface area contributed by atoms with Crippen molar-refractivity contribution in [2.75, 3.05) is 20.1 Å². The van der Waals surface area contributed by atoms with Gasteiger partial charge in [0.15, 0.2) is 0 Å². The van der Waals surface area contributed by atoms with Gasteiger partial charge in [-0.25, -0.2) is 4.68 Å². The van der Waals surface area contributed by atoms with Crippen LogP contribution in [0.4, 0.5) is 0 Å². The molecule has 3 rings (SSSR count). The lowest BCUT2D eigenvalue weighted by molar-refractivity contribution is -0.127. The molecule has 1 aromatic rings. The maximum atomic E-state index is 13.3. The number of aromatic nitrogens is 2. The second kappa shape index (κ2) is 12.1. The van der Waals surface area contributed by atoms with Gasteiger partial charge >= 0.3 is 0 Å². The van der Waals surface area contributed by atoms with Crippen molar-refractivity contribution in [2.24, 2.45) is 23.2 Å². The first-order valence-electron chi connectivity index (χ1n) is 13.3. The summed E-state index contributed by atoms with van der Waals surface area (Å²) in [6.07, 6.45) is 12.7. The van der Waals surface area contributed by atoms with E-state index in [1.54, 1.807) is 23.2 Å². The summed E-state index contributed by atoms with van der Waals surface area (Å²) in [6.45, 7) is 10.9. The quantitative estimate of drug-likeness (QED) is 0.412. The van der Waals surface area contributed by atoms with Crippen molar-refractivity contribution in [3.8, 4) is 5.88 Å². The van der Waals surface area contributed by atoms with E-state index in [2.05, 4.69) is 28.0 Å². The van der Waals surface area contributed by atoms with E-state index in [1.807, 2.05) is 34.7 Å². The molecule has 2 bridgehead atoms. The Morgan fingerprint density at radius 3 is 2.49 bits per heavy atom. The van der Waals surface area contributed by atoms with Crippen LogP contribution in [0.15, 0.2) is 12.3 Å². The van der Waals surface area contributed by atoms with Gasteiger partial charge in [-0.1, -0.05) is 25.3 Å². The third kappa shape index (κ3) is 7.32. The Kier molecular flexibility index (Phi) is 9.39. The van der Waals surface area contributed by atoms with E-state index in [-0.39, 0.29) is 24.0 Å². The predicted octanol–water partition coefficient (Wildman–Crippen LogP) is 3.84. The number of carbonyl (C=O) groups excluding carboxylic acids is 2. The molecule has 2 aliphatic rings. The van der Waals surface area contributed by atoms with Crippen molar-refractivity contribution in [3.05, 3.63) is 17.8 Å². The van der Waals surface area contributed by atoms with Crippen molar-refractivity contribution < 1.29 is 14.3 Å². The molecule has 3 unspecified atom stereocenters.